The molecular weight excluding hydrogens is 402 g/mol. The first-order chi connectivity index (χ1) is 14.5. The summed E-state index contributed by atoms with van der Waals surface area (Å²) >= 11 is 6.47. The number of nitrogens with two attached hydrogens (primary N) is 1. The smallest absolute Gasteiger partial charge is 0.302 e. The predicted molar refractivity (Wildman–Crippen MR) is 118 cm³/mol. The molecule has 0 fully saturated rings. The summed E-state index contributed by atoms with van der Waals surface area (Å²) in [5.41, 5.74) is 8.75. The summed E-state index contributed by atoms with van der Waals surface area (Å²) in [6.07, 6.45) is 6.00. The summed E-state index contributed by atoms with van der Waals surface area (Å²) in [4.78, 5) is 11.1. The lowest BCUT2D eigenvalue weighted by Crippen LogP contribution is -2.24. The second-order valence-corrected chi connectivity index (χ2v) is 7.70. The minimum atomic E-state index is -0.307. The van der Waals surface area contributed by atoms with Gasteiger partial charge in [0, 0.05) is 11.9 Å². The highest BCUT2D eigenvalue weighted by atomic mass is 35.5. The molecule has 2 aromatic carbocycles. The third-order valence-corrected chi connectivity index (χ3v) is 5.24. The van der Waals surface area contributed by atoms with E-state index in [4.69, 9.17) is 31.5 Å². The van der Waals surface area contributed by atoms with E-state index in [-0.39, 0.29) is 24.8 Å². The summed E-state index contributed by atoms with van der Waals surface area (Å²) < 4.78 is 16.8. The van der Waals surface area contributed by atoms with E-state index < -0.39 is 0 Å². The Balaban J connectivity index is 1.65. The van der Waals surface area contributed by atoms with Gasteiger partial charge in [-0.25, -0.2) is 0 Å². The molecule has 1 aliphatic heterocycles. The quantitative estimate of drug-likeness (QED) is 0.358. The molecule has 1 heterocycles. The van der Waals surface area contributed by atoms with Gasteiger partial charge in [0.15, 0.2) is 0 Å². The minimum absolute atomic E-state index is 0.0927. The molecule has 2 aromatic rings. The Labute approximate surface area is 182 Å². The van der Waals surface area contributed by atoms with Gasteiger partial charge in [-0.1, -0.05) is 48.0 Å². The number of rotatable bonds is 9. The number of hydrogen-bond donors (Lipinski definition) is 1. The molecule has 5 nitrogen and oxygen atoms in total. The van der Waals surface area contributed by atoms with Crippen molar-refractivity contribution in [3.05, 3.63) is 76.3 Å². The van der Waals surface area contributed by atoms with Gasteiger partial charge >= 0.3 is 5.97 Å². The van der Waals surface area contributed by atoms with E-state index in [1.807, 2.05) is 30.3 Å². The van der Waals surface area contributed by atoms with E-state index >= 15 is 0 Å². The maximum Gasteiger partial charge on any atom is 0.302 e. The molecule has 30 heavy (non-hydrogen) atoms. The Kier molecular flexibility index (Phi) is 8.31. The number of carbonyl (C=O) groups excluding carboxylic acids is 1. The monoisotopic (exact) mass is 429 g/mol. The molecule has 0 radical (unpaired) electrons. The fraction of sp³-hybridized carbons (Fsp3) is 0.375. The highest BCUT2D eigenvalue weighted by Gasteiger charge is 2.21. The third-order valence-electron chi connectivity index (χ3n) is 4.87. The van der Waals surface area contributed by atoms with Crippen molar-refractivity contribution in [2.75, 3.05) is 19.8 Å². The Morgan fingerprint density at radius 2 is 2.03 bits per heavy atom. The number of hydrogen-bond acceptors (Lipinski definition) is 5. The van der Waals surface area contributed by atoms with Gasteiger partial charge in [0.2, 0.25) is 0 Å². The van der Waals surface area contributed by atoms with Crippen LogP contribution in [0.1, 0.15) is 42.6 Å². The molecule has 1 aliphatic rings. The van der Waals surface area contributed by atoms with Crippen LogP contribution in [0.25, 0.3) is 0 Å². The second kappa shape index (κ2) is 11.2. The lowest BCUT2D eigenvalue weighted by molar-refractivity contribution is -0.145. The van der Waals surface area contributed by atoms with E-state index in [0.29, 0.717) is 13.2 Å². The van der Waals surface area contributed by atoms with Gasteiger partial charge < -0.3 is 19.9 Å². The van der Waals surface area contributed by atoms with Gasteiger partial charge in [-0.15, -0.1) is 0 Å². The van der Waals surface area contributed by atoms with Crippen LogP contribution in [0.4, 0.5) is 0 Å². The zero-order valence-corrected chi connectivity index (χ0v) is 17.9. The topological polar surface area (TPSA) is 70.8 Å². The highest BCUT2D eigenvalue weighted by Crippen LogP contribution is 2.31. The standard InChI is InChI=1S/C24H28ClNO4/c1-17(27)29-16-22-4-2-5-24(30-22)19-8-11-23(25)20(15-19)14-18-6-9-21(10-7-18)28-13-3-12-26/h2,4,6-11,15,22,24H,3,5,12-14,16,26H2,1H3. The maximum absolute atomic E-state index is 11.1. The summed E-state index contributed by atoms with van der Waals surface area (Å²) in [7, 11) is 0. The minimum Gasteiger partial charge on any atom is -0.494 e. The molecule has 2 N–H and O–H groups in total. The fourth-order valence-corrected chi connectivity index (χ4v) is 3.49. The van der Waals surface area contributed by atoms with Crippen molar-refractivity contribution in [1.29, 1.82) is 0 Å². The van der Waals surface area contributed by atoms with E-state index in [0.717, 1.165) is 46.7 Å². The van der Waals surface area contributed by atoms with Crippen LogP contribution in [0.3, 0.4) is 0 Å². The molecule has 0 amide bonds. The van der Waals surface area contributed by atoms with Gasteiger partial charge in [0.25, 0.3) is 0 Å². The van der Waals surface area contributed by atoms with Crippen LogP contribution in [-0.2, 0) is 20.7 Å². The Hall–Kier alpha value is -2.34. The number of esters is 1. The molecule has 160 valence electrons. The van der Waals surface area contributed by atoms with Gasteiger partial charge in [-0.05, 0) is 60.7 Å². The van der Waals surface area contributed by atoms with E-state index in [2.05, 4.69) is 24.3 Å². The Morgan fingerprint density at radius 3 is 2.77 bits per heavy atom. The summed E-state index contributed by atoms with van der Waals surface area (Å²) in [6, 6.07) is 14.1. The zero-order chi connectivity index (χ0) is 21.3. The highest BCUT2D eigenvalue weighted by molar-refractivity contribution is 6.31. The van der Waals surface area contributed by atoms with Gasteiger partial charge in [0.05, 0.1) is 12.7 Å². The van der Waals surface area contributed by atoms with Crippen molar-refractivity contribution >= 4 is 17.6 Å². The molecule has 0 saturated carbocycles. The van der Waals surface area contributed by atoms with Crippen LogP contribution in [-0.4, -0.2) is 31.8 Å². The average Bonchev–Trinajstić information content (AvgIpc) is 2.75. The molecule has 0 saturated heterocycles. The maximum atomic E-state index is 11.1. The summed E-state index contributed by atoms with van der Waals surface area (Å²) in [6.45, 7) is 2.87. The Morgan fingerprint density at radius 1 is 1.23 bits per heavy atom. The first-order valence-corrected chi connectivity index (χ1v) is 10.6. The van der Waals surface area contributed by atoms with Gasteiger partial charge in [0.1, 0.15) is 18.5 Å². The lowest BCUT2D eigenvalue weighted by Gasteiger charge is -2.26. The first kappa shape index (κ1) is 22.3. The number of halogens is 1. The molecule has 2 unspecified atom stereocenters. The Bertz CT molecular complexity index is 866. The lowest BCUT2D eigenvalue weighted by atomic mass is 9.98. The molecule has 6 heteroatoms. The van der Waals surface area contributed by atoms with E-state index in [1.54, 1.807) is 0 Å². The normalized spacial score (nSPS) is 18.2. The summed E-state index contributed by atoms with van der Waals surface area (Å²) in [5.74, 6) is 0.534. The van der Waals surface area contributed by atoms with Crippen LogP contribution in [0.15, 0.2) is 54.6 Å². The molecule has 0 spiro atoms. The van der Waals surface area contributed by atoms with E-state index in [1.165, 1.54) is 6.92 Å². The van der Waals surface area contributed by atoms with E-state index in [9.17, 15) is 4.79 Å². The van der Waals surface area contributed by atoms with Gasteiger partial charge in [-0.3, -0.25) is 4.79 Å². The van der Waals surface area contributed by atoms with Crippen LogP contribution in [0.2, 0.25) is 5.02 Å². The van der Waals surface area contributed by atoms with Crippen LogP contribution >= 0.6 is 11.6 Å². The van der Waals surface area contributed by atoms with Gasteiger partial charge in [-0.2, -0.15) is 0 Å². The number of benzene rings is 2. The fourth-order valence-electron chi connectivity index (χ4n) is 3.30. The summed E-state index contributed by atoms with van der Waals surface area (Å²) in [5, 5.41) is 0.727. The largest absolute Gasteiger partial charge is 0.494 e. The molecule has 2 atom stereocenters. The van der Waals surface area contributed by atoms with Crippen LogP contribution < -0.4 is 10.5 Å². The average molecular weight is 430 g/mol. The zero-order valence-electron chi connectivity index (χ0n) is 17.2. The molecule has 0 bridgehead atoms. The molecule has 0 aliphatic carbocycles. The van der Waals surface area contributed by atoms with Crippen molar-refractivity contribution in [1.82, 2.24) is 0 Å². The van der Waals surface area contributed by atoms with Crippen molar-refractivity contribution < 1.29 is 19.0 Å². The van der Waals surface area contributed by atoms with Crippen LogP contribution in [0, 0.1) is 0 Å². The third kappa shape index (κ3) is 6.59. The van der Waals surface area contributed by atoms with Crippen LogP contribution in [0.5, 0.6) is 5.75 Å². The second-order valence-electron chi connectivity index (χ2n) is 7.29. The number of ether oxygens (including phenoxy) is 3. The first-order valence-electron chi connectivity index (χ1n) is 10.2. The predicted octanol–water partition coefficient (Wildman–Crippen LogP) is 4.61. The molecular formula is C24H28ClNO4. The van der Waals surface area contributed by atoms with Crippen molar-refractivity contribution in [2.45, 2.75) is 38.4 Å². The van der Waals surface area contributed by atoms with Crippen molar-refractivity contribution in [2.24, 2.45) is 5.73 Å². The van der Waals surface area contributed by atoms with Crippen molar-refractivity contribution in [3.63, 3.8) is 0 Å². The SMILES string of the molecule is CC(=O)OCC1C=CCC(c2ccc(Cl)c(Cc3ccc(OCCCN)cc3)c2)O1. The number of carbonyl (C=O) groups is 1. The molecule has 0 aromatic heterocycles. The van der Waals surface area contributed by atoms with Crippen molar-refractivity contribution in [3.8, 4) is 5.75 Å². The molecule has 3 rings (SSSR count).